The highest BCUT2D eigenvalue weighted by Gasteiger charge is 2.37. The molecule has 1 aliphatic heterocycles. The highest BCUT2D eigenvalue weighted by Crippen LogP contribution is 2.44. The van der Waals surface area contributed by atoms with E-state index >= 15 is 0 Å². The molecule has 21 heavy (non-hydrogen) atoms. The van der Waals surface area contributed by atoms with Crippen LogP contribution in [0.25, 0.3) is 0 Å². The Bertz CT molecular complexity index is 379. The molecule has 2 rings (SSSR count). The molecule has 0 aromatic carbocycles. The van der Waals surface area contributed by atoms with Gasteiger partial charge in [-0.15, -0.1) is 0 Å². The van der Waals surface area contributed by atoms with E-state index in [1.54, 1.807) is 4.90 Å². The van der Waals surface area contributed by atoms with Gasteiger partial charge in [-0.05, 0) is 37.0 Å². The largest absolute Gasteiger partial charge is 0.480 e. The summed E-state index contributed by atoms with van der Waals surface area (Å²) in [7, 11) is 0. The van der Waals surface area contributed by atoms with Crippen LogP contribution in [0.15, 0.2) is 0 Å². The Hall–Kier alpha value is -1.26. The zero-order chi connectivity index (χ0) is 15.5. The number of rotatable bonds is 3. The predicted molar refractivity (Wildman–Crippen MR) is 81.1 cm³/mol. The molecule has 1 spiro atoms. The molecule has 120 valence electrons. The van der Waals surface area contributed by atoms with Crippen LogP contribution in [0.1, 0.15) is 58.8 Å². The Balaban J connectivity index is 1.86. The van der Waals surface area contributed by atoms with Crippen LogP contribution in [0.2, 0.25) is 0 Å². The minimum absolute atomic E-state index is 0.110. The molecule has 2 N–H and O–H groups in total. The summed E-state index contributed by atoms with van der Waals surface area (Å²) in [5.74, 6) is -1.07. The average Bonchev–Trinajstić information content (AvgIpc) is 2.45. The van der Waals surface area contributed by atoms with Gasteiger partial charge in [-0.3, -0.25) is 0 Å². The number of aliphatic carboxylic acids is 1. The molecule has 1 aliphatic carbocycles. The molecule has 2 fully saturated rings. The van der Waals surface area contributed by atoms with Gasteiger partial charge in [-0.1, -0.05) is 33.1 Å². The van der Waals surface area contributed by atoms with E-state index in [4.69, 9.17) is 5.11 Å². The summed E-state index contributed by atoms with van der Waals surface area (Å²) in [6.07, 6.45) is 8.72. The fraction of sp³-hybridized carbons (Fsp3) is 0.875. The number of carboxylic acids is 1. The lowest BCUT2D eigenvalue weighted by Crippen LogP contribution is -2.53. The number of nitrogens with one attached hydrogen (secondary N) is 1. The zero-order valence-corrected chi connectivity index (χ0v) is 13.2. The molecule has 1 heterocycles. The highest BCUT2D eigenvalue weighted by molar-refractivity contribution is 5.82. The summed E-state index contributed by atoms with van der Waals surface area (Å²) in [5, 5.41) is 11.8. The minimum Gasteiger partial charge on any atom is -0.480 e. The van der Waals surface area contributed by atoms with E-state index in [2.05, 4.69) is 5.32 Å². The molecule has 5 nitrogen and oxygen atoms in total. The standard InChI is InChI=1S/C16H28N2O3/c1-12(2)13(14(19)20)17-15(21)18-10-8-16(9-11-18)6-4-3-5-7-16/h12-13H,3-11H2,1-2H3,(H,17,21)(H,19,20). The van der Waals surface area contributed by atoms with E-state index in [0.717, 1.165) is 25.9 Å². The van der Waals surface area contributed by atoms with Crippen molar-refractivity contribution in [3.8, 4) is 0 Å². The molecule has 1 atom stereocenters. The van der Waals surface area contributed by atoms with Crippen molar-refractivity contribution in [2.75, 3.05) is 13.1 Å². The summed E-state index contributed by atoms with van der Waals surface area (Å²) >= 11 is 0. The summed E-state index contributed by atoms with van der Waals surface area (Å²) in [6.45, 7) is 5.14. The maximum Gasteiger partial charge on any atom is 0.326 e. The molecule has 2 amide bonds. The number of carbonyl (C=O) groups is 2. The van der Waals surface area contributed by atoms with Gasteiger partial charge in [0.25, 0.3) is 0 Å². The number of likely N-dealkylation sites (tertiary alicyclic amines) is 1. The number of amides is 2. The topological polar surface area (TPSA) is 69.6 Å². The maximum absolute atomic E-state index is 12.2. The Morgan fingerprint density at radius 2 is 1.62 bits per heavy atom. The lowest BCUT2D eigenvalue weighted by atomic mass is 9.68. The smallest absolute Gasteiger partial charge is 0.326 e. The van der Waals surface area contributed by atoms with E-state index < -0.39 is 12.0 Å². The van der Waals surface area contributed by atoms with Crippen molar-refractivity contribution in [3.05, 3.63) is 0 Å². The maximum atomic E-state index is 12.2. The normalized spacial score (nSPS) is 23.1. The van der Waals surface area contributed by atoms with Gasteiger partial charge in [0.1, 0.15) is 6.04 Å². The second-order valence-corrected chi connectivity index (χ2v) is 7.06. The Morgan fingerprint density at radius 1 is 1.05 bits per heavy atom. The summed E-state index contributed by atoms with van der Waals surface area (Å²) in [6, 6.07) is -1.02. The minimum atomic E-state index is -0.959. The molecule has 0 aromatic rings. The molecular weight excluding hydrogens is 268 g/mol. The van der Waals surface area contributed by atoms with E-state index in [1.165, 1.54) is 32.1 Å². The first-order chi connectivity index (χ1) is 9.93. The van der Waals surface area contributed by atoms with E-state index in [-0.39, 0.29) is 11.9 Å². The molecule has 1 unspecified atom stereocenters. The first-order valence-electron chi connectivity index (χ1n) is 8.22. The van der Waals surface area contributed by atoms with Gasteiger partial charge in [-0.2, -0.15) is 0 Å². The predicted octanol–water partition coefficient (Wildman–Crippen LogP) is 2.85. The summed E-state index contributed by atoms with van der Waals surface area (Å²) < 4.78 is 0. The number of urea groups is 1. The van der Waals surface area contributed by atoms with Gasteiger partial charge in [0.15, 0.2) is 0 Å². The second kappa shape index (κ2) is 6.67. The van der Waals surface area contributed by atoms with Crippen molar-refractivity contribution < 1.29 is 14.7 Å². The third kappa shape index (κ3) is 3.89. The fourth-order valence-electron chi connectivity index (χ4n) is 3.72. The van der Waals surface area contributed by atoms with E-state index in [0.29, 0.717) is 5.41 Å². The second-order valence-electron chi connectivity index (χ2n) is 7.06. The van der Waals surface area contributed by atoms with Crippen molar-refractivity contribution in [2.45, 2.75) is 64.8 Å². The number of hydrogen-bond donors (Lipinski definition) is 2. The number of nitrogens with zero attached hydrogens (tertiary/aromatic N) is 1. The Labute approximate surface area is 127 Å². The molecular formula is C16H28N2O3. The third-order valence-electron chi connectivity index (χ3n) is 5.24. The number of carbonyl (C=O) groups excluding carboxylic acids is 1. The van der Waals surface area contributed by atoms with Crippen molar-refractivity contribution in [1.29, 1.82) is 0 Å². The van der Waals surface area contributed by atoms with Crippen molar-refractivity contribution in [3.63, 3.8) is 0 Å². The van der Waals surface area contributed by atoms with Gasteiger partial charge in [0.2, 0.25) is 0 Å². The quantitative estimate of drug-likeness (QED) is 0.841. The van der Waals surface area contributed by atoms with Crippen LogP contribution < -0.4 is 5.32 Å². The summed E-state index contributed by atoms with van der Waals surface area (Å²) in [5.41, 5.74) is 0.458. The van der Waals surface area contributed by atoms with Crippen LogP contribution in [0, 0.1) is 11.3 Å². The molecule has 1 saturated carbocycles. The van der Waals surface area contributed by atoms with Crippen LogP contribution in [0.5, 0.6) is 0 Å². The van der Waals surface area contributed by atoms with E-state index in [1.807, 2.05) is 13.8 Å². The molecule has 0 radical (unpaired) electrons. The van der Waals surface area contributed by atoms with E-state index in [9.17, 15) is 9.59 Å². The van der Waals surface area contributed by atoms with Gasteiger partial charge >= 0.3 is 12.0 Å². The first kappa shape index (κ1) is 16.1. The molecule has 1 saturated heterocycles. The van der Waals surface area contributed by atoms with Crippen LogP contribution in [0.3, 0.4) is 0 Å². The van der Waals surface area contributed by atoms with Gasteiger partial charge < -0.3 is 15.3 Å². The van der Waals surface area contributed by atoms with Crippen molar-refractivity contribution >= 4 is 12.0 Å². The SMILES string of the molecule is CC(C)C(NC(=O)N1CCC2(CCCCC2)CC1)C(=O)O. The Morgan fingerprint density at radius 3 is 2.10 bits per heavy atom. The van der Waals surface area contributed by atoms with Crippen LogP contribution in [-0.4, -0.2) is 41.1 Å². The first-order valence-corrected chi connectivity index (χ1v) is 8.22. The van der Waals surface area contributed by atoms with Crippen molar-refractivity contribution in [1.82, 2.24) is 10.2 Å². The molecule has 2 aliphatic rings. The van der Waals surface area contributed by atoms with Crippen molar-refractivity contribution in [2.24, 2.45) is 11.3 Å². The highest BCUT2D eigenvalue weighted by atomic mass is 16.4. The molecule has 0 bridgehead atoms. The number of carboxylic acid groups (broad SMARTS) is 1. The lowest BCUT2D eigenvalue weighted by molar-refractivity contribution is -0.140. The van der Waals surface area contributed by atoms with Crippen LogP contribution in [0.4, 0.5) is 4.79 Å². The van der Waals surface area contributed by atoms with Gasteiger partial charge in [0, 0.05) is 13.1 Å². The van der Waals surface area contributed by atoms with Crippen LogP contribution in [-0.2, 0) is 4.79 Å². The van der Waals surface area contributed by atoms with Gasteiger partial charge in [-0.25, -0.2) is 9.59 Å². The third-order valence-corrected chi connectivity index (χ3v) is 5.24. The average molecular weight is 296 g/mol. The molecule has 0 aromatic heterocycles. The number of hydrogen-bond acceptors (Lipinski definition) is 2. The van der Waals surface area contributed by atoms with Gasteiger partial charge in [0.05, 0.1) is 0 Å². The summed E-state index contributed by atoms with van der Waals surface area (Å²) in [4.78, 5) is 25.2. The van der Waals surface area contributed by atoms with Crippen LogP contribution >= 0.6 is 0 Å². The monoisotopic (exact) mass is 296 g/mol. The fourth-order valence-corrected chi connectivity index (χ4v) is 3.72. The Kier molecular flexibility index (Phi) is 5.12. The zero-order valence-electron chi connectivity index (χ0n) is 13.2. The lowest BCUT2D eigenvalue weighted by Gasteiger charge is -2.44. The molecule has 5 heteroatoms. The number of piperidine rings is 1.